The minimum Gasteiger partial charge on any atom is -0.462 e. The van der Waals surface area contributed by atoms with Gasteiger partial charge in [-0.05, 0) is 32.1 Å². The number of carbonyl (C=O) groups is 2. The highest BCUT2D eigenvalue weighted by atomic mass is 16.7. The first-order valence-electron chi connectivity index (χ1n) is 24.3. The molecule has 0 aromatic carbocycles. The smallest absolute Gasteiger partial charge is 0.306 e. The number of esters is 2. The fraction of sp³-hybridized carbons (Fsp3) is 0.800. The first kappa shape index (κ1) is 55.7. The molecule has 0 aromatic rings. The maximum atomic E-state index is 12.8. The zero-order chi connectivity index (χ0) is 43.7. The number of aliphatic hydroxyl groups excluding tert-OH is 4. The van der Waals surface area contributed by atoms with Gasteiger partial charge in [0.25, 0.3) is 0 Å². The molecule has 0 bridgehead atoms. The highest BCUT2D eigenvalue weighted by molar-refractivity contribution is 5.70. The minimum absolute atomic E-state index is 0.204. The molecular weight excluding hydrogens is 761 g/mol. The van der Waals surface area contributed by atoms with Crippen LogP contribution in [0.3, 0.4) is 0 Å². The van der Waals surface area contributed by atoms with E-state index in [1.165, 1.54) is 109 Å². The van der Waals surface area contributed by atoms with Crippen molar-refractivity contribution in [3.8, 4) is 0 Å². The summed E-state index contributed by atoms with van der Waals surface area (Å²) in [5, 5.41) is 40.1. The van der Waals surface area contributed by atoms with Gasteiger partial charge in [0.15, 0.2) is 12.4 Å². The van der Waals surface area contributed by atoms with Gasteiger partial charge < -0.3 is 39.4 Å². The summed E-state index contributed by atoms with van der Waals surface area (Å²) < 4.78 is 22.2. The predicted octanol–water partition coefficient (Wildman–Crippen LogP) is 10.8. The van der Waals surface area contributed by atoms with E-state index in [0.29, 0.717) is 6.42 Å². The van der Waals surface area contributed by atoms with E-state index < -0.39 is 49.4 Å². The van der Waals surface area contributed by atoms with E-state index in [1.807, 2.05) is 30.4 Å². The lowest BCUT2D eigenvalue weighted by Gasteiger charge is -2.39. The molecule has 1 saturated heterocycles. The molecule has 0 aliphatic carbocycles. The highest BCUT2D eigenvalue weighted by Gasteiger charge is 2.44. The van der Waals surface area contributed by atoms with E-state index in [0.717, 1.165) is 57.8 Å². The van der Waals surface area contributed by atoms with Gasteiger partial charge in [0.1, 0.15) is 31.0 Å². The average Bonchev–Trinajstić information content (AvgIpc) is 3.25. The van der Waals surface area contributed by atoms with Crippen molar-refractivity contribution in [2.24, 2.45) is 0 Å². The van der Waals surface area contributed by atoms with Crippen LogP contribution >= 0.6 is 0 Å². The normalized spacial score (nSPS) is 20.3. The quantitative estimate of drug-likeness (QED) is 0.0266. The standard InChI is InChI=1S/C50H88O10/c1-3-5-7-9-11-13-15-17-19-20-21-22-23-25-26-28-30-32-34-36-38-45(52)57-41-43(42-58-50-49(56)48(55)47(54)44(40-51)60-50)59-46(53)39-37-35-33-31-29-27-24-18-16-14-12-10-8-6-4-2/h6,8,10,12,14,16,18,24,43-44,47-51,54-56H,3-5,7,9,11,13,15,17,19-23,25-42H2,1-2H3/b8-6+,12-10+,16-14+,24-18+/t43-,44-,47+,48?,49?,50-/m0/s1. The lowest BCUT2D eigenvalue weighted by Crippen LogP contribution is -2.59. The topological polar surface area (TPSA) is 152 Å². The molecule has 10 heteroatoms. The largest absolute Gasteiger partial charge is 0.462 e. The van der Waals surface area contributed by atoms with Gasteiger partial charge in [-0.3, -0.25) is 9.59 Å². The molecule has 1 aliphatic rings. The summed E-state index contributed by atoms with van der Waals surface area (Å²) >= 11 is 0. The Morgan fingerprint density at radius 2 is 0.983 bits per heavy atom. The van der Waals surface area contributed by atoms with Crippen LogP contribution in [-0.4, -0.2) is 89.0 Å². The molecule has 6 atom stereocenters. The fourth-order valence-electron chi connectivity index (χ4n) is 7.26. The van der Waals surface area contributed by atoms with Crippen LogP contribution in [-0.2, 0) is 28.5 Å². The predicted molar refractivity (Wildman–Crippen MR) is 242 cm³/mol. The maximum absolute atomic E-state index is 12.8. The summed E-state index contributed by atoms with van der Waals surface area (Å²) in [7, 11) is 0. The molecule has 1 rings (SSSR count). The molecule has 0 amide bonds. The summed E-state index contributed by atoms with van der Waals surface area (Å²) in [6.07, 6.45) is 41.2. The second kappa shape index (κ2) is 40.7. The van der Waals surface area contributed by atoms with E-state index in [2.05, 4.69) is 32.1 Å². The second-order valence-corrected chi connectivity index (χ2v) is 16.6. The Morgan fingerprint density at radius 1 is 0.533 bits per heavy atom. The molecule has 348 valence electrons. The van der Waals surface area contributed by atoms with Crippen molar-refractivity contribution in [3.63, 3.8) is 0 Å². The molecular formula is C50H88O10. The average molecular weight is 849 g/mol. The van der Waals surface area contributed by atoms with Crippen LogP contribution in [0, 0.1) is 0 Å². The van der Waals surface area contributed by atoms with Crippen molar-refractivity contribution in [1.82, 2.24) is 0 Å². The summed E-state index contributed by atoms with van der Waals surface area (Å²) in [5.41, 5.74) is 0. The van der Waals surface area contributed by atoms with Crippen molar-refractivity contribution < 1.29 is 49.0 Å². The van der Waals surface area contributed by atoms with E-state index in [-0.39, 0.29) is 32.0 Å². The van der Waals surface area contributed by atoms with Crippen LogP contribution in [0.1, 0.15) is 200 Å². The lowest BCUT2D eigenvalue weighted by molar-refractivity contribution is -0.305. The van der Waals surface area contributed by atoms with Crippen LogP contribution in [0.25, 0.3) is 0 Å². The molecule has 0 aromatic heterocycles. The number of allylic oxidation sites excluding steroid dienone is 8. The molecule has 2 unspecified atom stereocenters. The van der Waals surface area contributed by atoms with Gasteiger partial charge in [-0.25, -0.2) is 0 Å². The molecule has 0 spiro atoms. The zero-order valence-corrected chi connectivity index (χ0v) is 37.9. The fourth-order valence-corrected chi connectivity index (χ4v) is 7.26. The van der Waals surface area contributed by atoms with E-state index >= 15 is 0 Å². The van der Waals surface area contributed by atoms with Gasteiger partial charge in [-0.1, -0.05) is 204 Å². The first-order chi connectivity index (χ1) is 29.3. The zero-order valence-electron chi connectivity index (χ0n) is 37.9. The van der Waals surface area contributed by atoms with Crippen LogP contribution in [0.4, 0.5) is 0 Å². The third-order valence-electron chi connectivity index (χ3n) is 11.1. The number of carbonyl (C=O) groups excluding carboxylic acids is 2. The Hall–Kier alpha value is -2.34. The number of aliphatic hydroxyl groups is 4. The molecule has 10 nitrogen and oxygen atoms in total. The monoisotopic (exact) mass is 849 g/mol. The number of unbranched alkanes of at least 4 members (excludes halogenated alkanes) is 24. The van der Waals surface area contributed by atoms with Crippen molar-refractivity contribution >= 4 is 11.9 Å². The molecule has 0 radical (unpaired) electrons. The number of rotatable bonds is 40. The number of hydrogen-bond donors (Lipinski definition) is 4. The Bertz CT molecular complexity index is 1120. The van der Waals surface area contributed by atoms with Crippen LogP contribution in [0.5, 0.6) is 0 Å². The Labute approximate surface area is 365 Å². The number of ether oxygens (including phenoxy) is 4. The van der Waals surface area contributed by atoms with E-state index in [1.54, 1.807) is 0 Å². The van der Waals surface area contributed by atoms with Crippen molar-refractivity contribution in [2.75, 3.05) is 19.8 Å². The summed E-state index contributed by atoms with van der Waals surface area (Å²) in [6, 6.07) is 0. The highest BCUT2D eigenvalue weighted by Crippen LogP contribution is 2.23. The maximum Gasteiger partial charge on any atom is 0.306 e. The van der Waals surface area contributed by atoms with Gasteiger partial charge in [0.05, 0.1) is 13.2 Å². The molecule has 60 heavy (non-hydrogen) atoms. The Kier molecular flexibility index (Phi) is 37.8. The Balaban J connectivity index is 2.28. The summed E-state index contributed by atoms with van der Waals surface area (Å²) in [6.45, 7) is 3.28. The van der Waals surface area contributed by atoms with Crippen molar-refractivity contribution in [3.05, 3.63) is 48.6 Å². The van der Waals surface area contributed by atoms with E-state index in [4.69, 9.17) is 18.9 Å². The van der Waals surface area contributed by atoms with Gasteiger partial charge in [-0.15, -0.1) is 0 Å². The number of hydrogen-bond acceptors (Lipinski definition) is 10. The Morgan fingerprint density at radius 3 is 1.48 bits per heavy atom. The van der Waals surface area contributed by atoms with Gasteiger partial charge in [0.2, 0.25) is 0 Å². The van der Waals surface area contributed by atoms with Gasteiger partial charge in [-0.2, -0.15) is 0 Å². The third kappa shape index (κ3) is 31.5. The summed E-state index contributed by atoms with van der Waals surface area (Å²) in [4.78, 5) is 25.4. The molecule has 1 fully saturated rings. The van der Waals surface area contributed by atoms with Gasteiger partial charge >= 0.3 is 11.9 Å². The van der Waals surface area contributed by atoms with Crippen molar-refractivity contribution in [1.29, 1.82) is 0 Å². The minimum atomic E-state index is -1.60. The molecule has 1 aliphatic heterocycles. The first-order valence-corrected chi connectivity index (χ1v) is 24.3. The SMILES string of the molecule is CC/C=C/C=C/C=C/C=C/CCCCCCCC(=O)O[C@@H](COC(=O)CCCCCCCCCCCCCCCCCCCCCC)CO[C@H]1O[C@@H](CO)[C@@H](O)C(O)C1O. The second-order valence-electron chi connectivity index (χ2n) is 16.6. The molecule has 4 N–H and O–H groups in total. The van der Waals surface area contributed by atoms with Crippen LogP contribution < -0.4 is 0 Å². The molecule has 0 saturated carbocycles. The lowest BCUT2D eigenvalue weighted by atomic mass is 9.99. The molecule has 1 heterocycles. The van der Waals surface area contributed by atoms with Crippen molar-refractivity contribution in [2.45, 2.75) is 237 Å². The van der Waals surface area contributed by atoms with Gasteiger partial charge in [0, 0.05) is 12.8 Å². The third-order valence-corrected chi connectivity index (χ3v) is 11.1. The van der Waals surface area contributed by atoms with E-state index in [9.17, 15) is 30.0 Å². The van der Waals surface area contributed by atoms with Crippen LogP contribution in [0.2, 0.25) is 0 Å². The summed E-state index contributed by atoms with van der Waals surface area (Å²) in [5.74, 6) is -0.828. The van der Waals surface area contributed by atoms with Crippen LogP contribution in [0.15, 0.2) is 48.6 Å².